The molecule has 0 saturated carbocycles. The predicted octanol–water partition coefficient (Wildman–Crippen LogP) is 3.18. The fourth-order valence-corrected chi connectivity index (χ4v) is 4.50. The molecule has 2 aromatic rings. The Hall–Kier alpha value is -2.21. The van der Waals surface area contributed by atoms with Gasteiger partial charge in [0.2, 0.25) is 0 Å². The third-order valence-corrected chi connectivity index (χ3v) is 6.05. The monoisotopic (exact) mass is 359 g/mol. The molecule has 2 bridgehead atoms. The van der Waals surface area contributed by atoms with Gasteiger partial charge >= 0.3 is 0 Å². The number of nitrogens with zero attached hydrogens (tertiary/aromatic N) is 2. The molecule has 0 aliphatic carbocycles. The van der Waals surface area contributed by atoms with E-state index < -0.39 is 11.6 Å². The van der Waals surface area contributed by atoms with Crippen molar-refractivity contribution in [2.75, 3.05) is 13.1 Å². The topological polar surface area (TPSA) is 37.3 Å². The minimum atomic E-state index is -0.635. The van der Waals surface area contributed by atoms with Gasteiger partial charge in [-0.1, -0.05) is 6.07 Å². The molecule has 0 spiro atoms. The van der Waals surface area contributed by atoms with Crippen molar-refractivity contribution < 1.29 is 13.6 Å². The van der Waals surface area contributed by atoms with E-state index in [-0.39, 0.29) is 17.5 Å². The van der Waals surface area contributed by atoms with Gasteiger partial charge in [0.15, 0.2) is 0 Å². The summed E-state index contributed by atoms with van der Waals surface area (Å²) in [4.78, 5) is 15.2. The fourth-order valence-electron chi connectivity index (χ4n) is 4.50. The maximum atomic E-state index is 14.1. The van der Waals surface area contributed by atoms with Crippen molar-refractivity contribution >= 4 is 5.91 Å². The van der Waals surface area contributed by atoms with E-state index in [0.29, 0.717) is 23.3 Å². The maximum absolute atomic E-state index is 14.1. The van der Waals surface area contributed by atoms with Gasteiger partial charge in [0.05, 0.1) is 11.3 Å². The zero-order valence-corrected chi connectivity index (χ0v) is 15.0. The number of nitrogens with one attached hydrogen (secondary N) is 1. The van der Waals surface area contributed by atoms with E-state index in [1.807, 2.05) is 0 Å². The molecule has 3 aliphatic rings. The van der Waals surface area contributed by atoms with Gasteiger partial charge in [-0.2, -0.15) is 0 Å². The Balaban J connectivity index is 1.59. The number of carbonyl (C=O) groups is 1. The Morgan fingerprint density at radius 1 is 1.12 bits per heavy atom. The minimum absolute atomic E-state index is 0.106. The molecule has 6 heteroatoms. The number of amides is 1. The molecule has 1 N–H and O–H groups in total. The molecule has 3 saturated heterocycles. The molecule has 1 aromatic heterocycles. The molecule has 5 rings (SSSR count). The van der Waals surface area contributed by atoms with Crippen molar-refractivity contribution in [1.29, 1.82) is 0 Å². The predicted molar refractivity (Wildman–Crippen MR) is 95.8 cm³/mol. The van der Waals surface area contributed by atoms with E-state index in [1.165, 1.54) is 18.2 Å². The van der Waals surface area contributed by atoms with Crippen LogP contribution in [0.2, 0.25) is 0 Å². The second kappa shape index (κ2) is 6.50. The lowest BCUT2D eigenvalue weighted by atomic mass is 9.79. The van der Waals surface area contributed by atoms with Crippen LogP contribution in [0.15, 0.2) is 30.3 Å². The lowest BCUT2D eigenvalue weighted by molar-refractivity contribution is 0.0215. The quantitative estimate of drug-likeness (QED) is 0.914. The molecule has 1 aromatic carbocycles. The molecular weight excluding hydrogens is 336 g/mol. The largest absolute Gasteiger partial charge is 0.346 e. The number of fused-ring (bicyclic) bond motifs is 3. The first-order valence-electron chi connectivity index (χ1n) is 9.12. The third-order valence-electron chi connectivity index (χ3n) is 6.05. The lowest BCUT2D eigenvalue weighted by Crippen LogP contribution is -2.62. The number of aromatic nitrogens is 1. The van der Waals surface area contributed by atoms with Crippen molar-refractivity contribution in [3.05, 3.63) is 47.7 Å². The molecule has 4 heterocycles. The van der Waals surface area contributed by atoms with Crippen LogP contribution in [0.5, 0.6) is 0 Å². The Morgan fingerprint density at radius 3 is 2.38 bits per heavy atom. The van der Waals surface area contributed by atoms with E-state index in [0.717, 1.165) is 25.9 Å². The van der Waals surface area contributed by atoms with E-state index >= 15 is 0 Å². The minimum Gasteiger partial charge on any atom is -0.346 e. The number of rotatable bonds is 3. The summed E-state index contributed by atoms with van der Waals surface area (Å²) in [6, 6.07) is 7.43. The van der Waals surface area contributed by atoms with Crippen molar-refractivity contribution in [1.82, 2.24) is 14.8 Å². The van der Waals surface area contributed by atoms with Crippen molar-refractivity contribution in [3.63, 3.8) is 0 Å². The Morgan fingerprint density at radius 2 is 1.77 bits per heavy atom. The van der Waals surface area contributed by atoms with Gasteiger partial charge < -0.3 is 9.88 Å². The zero-order chi connectivity index (χ0) is 18.4. The van der Waals surface area contributed by atoms with Gasteiger partial charge in [-0.05, 0) is 63.0 Å². The van der Waals surface area contributed by atoms with Crippen LogP contribution in [0.4, 0.5) is 8.78 Å². The summed E-state index contributed by atoms with van der Waals surface area (Å²) in [6.07, 6.45) is 2.21. The first kappa shape index (κ1) is 17.2. The Bertz CT molecular complexity index is 817. The summed E-state index contributed by atoms with van der Waals surface area (Å²) in [5.41, 5.74) is 0.657. The first-order chi connectivity index (χ1) is 12.5. The highest BCUT2D eigenvalue weighted by atomic mass is 19.1. The average molecular weight is 359 g/mol. The van der Waals surface area contributed by atoms with Gasteiger partial charge in [-0.3, -0.25) is 9.69 Å². The van der Waals surface area contributed by atoms with Crippen LogP contribution in [0.1, 0.15) is 30.3 Å². The normalized spacial score (nSPS) is 27.5. The number of hydrogen-bond acceptors (Lipinski definition) is 2. The van der Waals surface area contributed by atoms with Gasteiger partial charge in [0.1, 0.15) is 17.3 Å². The Kier molecular flexibility index (Phi) is 4.31. The summed E-state index contributed by atoms with van der Waals surface area (Å²) in [5.74, 6) is -0.961. The van der Waals surface area contributed by atoms with Crippen molar-refractivity contribution in [3.8, 4) is 11.3 Å². The van der Waals surface area contributed by atoms with Crippen LogP contribution >= 0.6 is 0 Å². The van der Waals surface area contributed by atoms with E-state index in [9.17, 15) is 13.6 Å². The highest BCUT2D eigenvalue weighted by molar-refractivity contribution is 5.94. The van der Waals surface area contributed by atoms with Crippen LogP contribution in [0.3, 0.4) is 0 Å². The summed E-state index contributed by atoms with van der Waals surface area (Å²) in [6.45, 7) is 4.35. The highest BCUT2D eigenvalue weighted by Crippen LogP contribution is 2.32. The number of piperidine rings is 3. The standard InChI is InChI=1S/C20H23F2N3O/c1-12-19(13-8-10-25(12)11-9-13)23-20(26)17-7-6-16(24(17)2)18-14(21)4-3-5-15(18)22/h3-7,12-13,19H,8-11H2,1-2H3,(H,23,26)/t12-,19+/m1/s1. The second-order valence-corrected chi connectivity index (χ2v) is 7.37. The van der Waals surface area contributed by atoms with Gasteiger partial charge in [0.25, 0.3) is 5.91 Å². The molecule has 138 valence electrons. The fraction of sp³-hybridized carbons (Fsp3) is 0.450. The second-order valence-electron chi connectivity index (χ2n) is 7.37. The van der Waals surface area contributed by atoms with E-state index in [4.69, 9.17) is 0 Å². The molecule has 2 atom stereocenters. The number of hydrogen-bond donors (Lipinski definition) is 1. The third kappa shape index (κ3) is 2.72. The number of carbonyl (C=O) groups excluding carboxylic acids is 1. The van der Waals surface area contributed by atoms with Crippen LogP contribution < -0.4 is 5.32 Å². The van der Waals surface area contributed by atoms with Gasteiger partial charge in [0, 0.05) is 19.1 Å². The number of benzene rings is 1. The zero-order valence-electron chi connectivity index (χ0n) is 15.0. The molecular formula is C20H23F2N3O. The number of halogens is 2. The molecule has 4 nitrogen and oxygen atoms in total. The van der Waals surface area contributed by atoms with Crippen LogP contribution in [0, 0.1) is 17.6 Å². The average Bonchev–Trinajstić information content (AvgIpc) is 3.00. The summed E-state index contributed by atoms with van der Waals surface area (Å²) < 4.78 is 29.7. The van der Waals surface area contributed by atoms with Crippen LogP contribution in [-0.2, 0) is 7.05 Å². The van der Waals surface area contributed by atoms with Gasteiger partial charge in [-0.15, -0.1) is 0 Å². The summed E-state index contributed by atoms with van der Waals surface area (Å²) in [5, 5.41) is 3.16. The SMILES string of the molecule is C[C@@H]1[C@H](NC(=O)c2ccc(-c3c(F)cccc3F)n2C)C2CCN1CC2. The van der Waals surface area contributed by atoms with Gasteiger partial charge in [-0.25, -0.2) is 8.78 Å². The maximum Gasteiger partial charge on any atom is 0.268 e. The van der Waals surface area contributed by atoms with Crippen molar-refractivity contribution in [2.24, 2.45) is 13.0 Å². The summed E-state index contributed by atoms with van der Waals surface area (Å²) in [7, 11) is 1.66. The lowest BCUT2D eigenvalue weighted by Gasteiger charge is -2.49. The molecule has 0 radical (unpaired) electrons. The summed E-state index contributed by atoms with van der Waals surface area (Å²) >= 11 is 0. The molecule has 3 fully saturated rings. The Labute approximate surface area is 151 Å². The van der Waals surface area contributed by atoms with Crippen LogP contribution in [0.25, 0.3) is 11.3 Å². The molecule has 26 heavy (non-hydrogen) atoms. The molecule has 1 amide bonds. The first-order valence-corrected chi connectivity index (χ1v) is 9.12. The molecule has 3 aliphatic heterocycles. The smallest absolute Gasteiger partial charge is 0.268 e. The van der Waals surface area contributed by atoms with E-state index in [1.54, 1.807) is 23.7 Å². The van der Waals surface area contributed by atoms with Crippen LogP contribution in [-0.4, -0.2) is 40.5 Å². The van der Waals surface area contributed by atoms with Crippen molar-refractivity contribution in [2.45, 2.75) is 31.8 Å². The molecule has 0 unspecified atom stereocenters. The van der Waals surface area contributed by atoms with E-state index in [2.05, 4.69) is 17.1 Å². The highest BCUT2D eigenvalue weighted by Gasteiger charge is 2.40.